The summed E-state index contributed by atoms with van der Waals surface area (Å²) in [5.74, 6) is 1.24. The average Bonchev–Trinajstić information content (AvgIpc) is 3.34. The summed E-state index contributed by atoms with van der Waals surface area (Å²) in [6.07, 6.45) is 3.92. The molecule has 0 aromatic rings. The van der Waals surface area contributed by atoms with Gasteiger partial charge in [-0.25, -0.2) is 4.79 Å². The van der Waals surface area contributed by atoms with Crippen molar-refractivity contribution in [3.8, 4) is 0 Å². The van der Waals surface area contributed by atoms with E-state index < -0.39 is 0 Å². The predicted molar refractivity (Wildman–Crippen MR) is 96.3 cm³/mol. The van der Waals surface area contributed by atoms with Crippen LogP contribution in [0, 0.1) is 11.8 Å². The number of amides is 3. The molecule has 4 aliphatic rings. The number of ether oxygens (including phenoxy) is 1. The third-order valence-corrected chi connectivity index (χ3v) is 6.46. The van der Waals surface area contributed by atoms with Crippen LogP contribution < -0.4 is 11.1 Å². The fourth-order valence-electron chi connectivity index (χ4n) is 5.01. The van der Waals surface area contributed by atoms with Gasteiger partial charge in [0.2, 0.25) is 5.91 Å². The lowest BCUT2D eigenvalue weighted by atomic mass is 10.0. The second-order valence-corrected chi connectivity index (χ2v) is 8.15. The van der Waals surface area contributed by atoms with Gasteiger partial charge in [-0.05, 0) is 37.5 Å². The molecule has 4 atom stereocenters. The maximum absolute atomic E-state index is 12.6. The molecule has 0 unspecified atom stereocenters. The van der Waals surface area contributed by atoms with Gasteiger partial charge in [-0.3, -0.25) is 4.79 Å². The van der Waals surface area contributed by atoms with Crippen LogP contribution in [-0.4, -0.2) is 91.3 Å². The van der Waals surface area contributed by atoms with Crippen molar-refractivity contribution in [2.45, 2.75) is 37.9 Å². The largest absolute Gasteiger partial charge is 0.378 e. The van der Waals surface area contributed by atoms with E-state index in [0.29, 0.717) is 50.7 Å². The van der Waals surface area contributed by atoms with Crippen LogP contribution in [-0.2, 0) is 9.53 Å². The third kappa shape index (κ3) is 3.68. The molecule has 3 aliphatic heterocycles. The van der Waals surface area contributed by atoms with Crippen LogP contribution in [0.25, 0.3) is 0 Å². The zero-order valence-corrected chi connectivity index (χ0v) is 15.4. The molecule has 8 heteroatoms. The molecule has 4 rings (SSSR count). The monoisotopic (exact) mass is 365 g/mol. The highest BCUT2D eigenvalue weighted by molar-refractivity contribution is 5.78. The molecule has 0 radical (unpaired) electrons. The number of morpholine rings is 1. The number of fused-ring (bicyclic) bond motifs is 1. The smallest absolute Gasteiger partial charge is 0.320 e. The lowest BCUT2D eigenvalue weighted by Gasteiger charge is -2.31. The Labute approximate surface area is 155 Å². The zero-order chi connectivity index (χ0) is 18.1. The van der Waals surface area contributed by atoms with E-state index in [4.69, 9.17) is 10.5 Å². The Morgan fingerprint density at radius 1 is 1.04 bits per heavy atom. The molecule has 1 aliphatic carbocycles. The van der Waals surface area contributed by atoms with E-state index in [9.17, 15) is 9.59 Å². The first-order valence-corrected chi connectivity index (χ1v) is 10.0. The molecule has 0 aromatic heterocycles. The van der Waals surface area contributed by atoms with Crippen molar-refractivity contribution < 1.29 is 14.3 Å². The van der Waals surface area contributed by atoms with E-state index in [1.807, 2.05) is 9.80 Å². The number of urea groups is 1. The Morgan fingerprint density at radius 3 is 2.35 bits per heavy atom. The van der Waals surface area contributed by atoms with Crippen LogP contribution in [0.1, 0.15) is 25.7 Å². The van der Waals surface area contributed by atoms with E-state index in [-0.39, 0.29) is 18.1 Å². The summed E-state index contributed by atoms with van der Waals surface area (Å²) in [7, 11) is 0. The van der Waals surface area contributed by atoms with Gasteiger partial charge >= 0.3 is 6.03 Å². The van der Waals surface area contributed by atoms with Gasteiger partial charge in [0.1, 0.15) is 0 Å². The molecule has 3 heterocycles. The molecule has 3 amide bonds. The first kappa shape index (κ1) is 18.0. The Morgan fingerprint density at radius 2 is 1.73 bits per heavy atom. The maximum Gasteiger partial charge on any atom is 0.320 e. The Hall–Kier alpha value is -1.38. The zero-order valence-electron chi connectivity index (χ0n) is 15.4. The van der Waals surface area contributed by atoms with Crippen LogP contribution in [0.5, 0.6) is 0 Å². The van der Waals surface area contributed by atoms with Crippen molar-refractivity contribution in [3.05, 3.63) is 0 Å². The lowest BCUT2D eigenvalue weighted by molar-refractivity contribution is -0.131. The summed E-state index contributed by atoms with van der Waals surface area (Å²) >= 11 is 0. The maximum atomic E-state index is 12.6. The summed E-state index contributed by atoms with van der Waals surface area (Å²) in [6.45, 7) is 5.57. The number of nitrogens with zero attached hydrogens (tertiary/aromatic N) is 3. The Bertz CT molecular complexity index is 525. The minimum Gasteiger partial charge on any atom is -0.378 e. The normalized spacial score (nSPS) is 34.4. The summed E-state index contributed by atoms with van der Waals surface area (Å²) in [4.78, 5) is 30.6. The van der Waals surface area contributed by atoms with E-state index in [2.05, 4.69) is 5.32 Å². The standard InChI is InChI=1S/C18H31N5O3/c19-16-2-1-3-23(16)17(24)10-20-15-8-13-11-22(12-14(13)9-15)18(25)21-4-6-26-7-5-21/h13-16,20H,1-12,19H2/t13-,14+,15-,16-/m0/s1. The molecule has 146 valence electrons. The van der Waals surface area contributed by atoms with Crippen molar-refractivity contribution >= 4 is 11.9 Å². The number of carbonyl (C=O) groups excluding carboxylic acids is 2. The minimum absolute atomic E-state index is 0.105. The number of carbonyl (C=O) groups is 2. The number of nitrogens with two attached hydrogens (primary N) is 1. The van der Waals surface area contributed by atoms with Gasteiger partial charge in [0.25, 0.3) is 0 Å². The topological polar surface area (TPSA) is 91.1 Å². The van der Waals surface area contributed by atoms with Crippen molar-refractivity contribution in [3.63, 3.8) is 0 Å². The second-order valence-electron chi connectivity index (χ2n) is 8.15. The predicted octanol–water partition coefficient (Wildman–Crippen LogP) is -0.354. The van der Waals surface area contributed by atoms with Crippen LogP contribution in [0.3, 0.4) is 0 Å². The molecule has 8 nitrogen and oxygen atoms in total. The number of likely N-dealkylation sites (tertiary alicyclic amines) is 2. The molecular formula is C18H31N5O3. The van der Waals surface area contributed by atoms with Crippen molar-refractivity contribution in [1.82, 2.24) is 20.0 Å². The lowest BCUT2D eigenvalue weighted by Crippen LogP contribution is -2.48. The summed E-state index contributed by atoms with van der Waals surface area (Å²) in [5, 5.41) is 3.44. The molecule has 0 spiro atoms. The van der Waals surface area contributed by atoms with Gasteiger partial charge in [0.15, 0.2) is 0 Å². The summed E-state index contributed by atoms with van der Waals surface area (Å²) in [6, 6.07) is 0.554. The van der Waals surface area contributed by atoms with Crippen molar-refractivity contribution in [2.75, 3.05) is 52.5 Å². The van der Waals surface area contributed by atoms with E-state index in [1.165, 1.54) is 0 Å². The van der Waals surface area contributed by atoms with E-state index >= 15 is 0 Å². The van der Waals surface area contributed by atoms with Gasteiger partial charge < -0.3 is 30.5 Å². The van der Waals surface area contributed by atoms with Gasteiger partial charge in [-0.2, -0.15) is 0 Å². The fourth-order valence-corrected chi connectivity index (χ4v) is 5.01. The van der Waals surface area contributed by atoms with E-state index in [0.717, 1.165) is 45.3 Å². The quantitative estimate of drug-likeness (QED) is 0.713. The molecule has 26 heavy (non-hydrogen) atoms. The van der Waals surface area contributed by atoms with Gasteiger partial charge in [0.05, 0.1) is 25.9 Å². The third-order valence-electron chi connectivity index (χ3n) is 6.46. The molecule has 3 saturated heterocycles. The van der Waals surface area contributed by atoms with Crippen molar-refractivity contribution in [1.29, 1.82) is 0 Å². The first-order valence-electron chi connectivity index (χ1n) is 10.0. The number of rotatable bonds is 3. The average molecular weight is 365 g/mol. The molecule has 0 bridgehead atoms. The SMILES string of the molecule is N[C@@H]1CCCN1C(=O)CN[C@@H]1C[C@@H]2CN(C(=O)N3CCOCC3)C[C@@H]2C1. The Balaban J connectivity index is 1.21. The van der Waals surface area contributed by atoms with Crippen molar-refractivity contribution in [2.24, 2.45) is 17.6 Å². The molecule has 1 saturated carbocycles. The molecule has 3 N–H and O–H groups in total. The molecule has 0 aromatic carbocycles. The molecular weight excluding hydrogens is 334 g/mol. The van der Waals surface area contributed by atoms with Crippen LogP contribution >= 0.6 is 0 Å². The summed E-state index contributed by atoms with van der Waals surface area (Å²) in [5.41, 5.74) is 5.97. The Kier molecular flexibility index (Phi) is 5.33. The van der Waals surface area contributed by atoms with Crippen LogP contribution in [0.2, 0.25) is 0 Å². The van der Waals surface area contributed by atoms with Gasteiger partial charge in [-0.1, -0.05) is 0 Å². The first-order chi connectivity index (χ1) is 12.6. The second kappa shape index (κ2) is 7.70. The number of hydrogen-bond acceptors (Lipinski definition) is 5. The molecule has 4 fully saturated rings. The van der Waals surface area contributed by atoms with Crippen LogP contribution in [0.15, 0.2) is 0 Å². The highest BCUT2D eigenvalue weighted by Gasteiger charge is 2.43. The number of hydrogen-bond donors (Lipinski definition) is 2. The fraction of sp³-hybridized carbons (Fsp3) is 0.889. The van der Waals surface area contributed by atoms with Gasteiger partial charge in [0, 0.05) is 38.8 Å². The number of nitrogens with one attached hydrogen (secondary N) is 1. The highest BCUT2D eigenvalue weighted by Crippen LogP contribution is 2.38. The van der Waals surface area contributed by atoms with Gasteiger partial charge in [-0.15, -0.1) is 0 Å². The summed E-state index contributed by atoms with van der Waals surface area (Å²) < 4.78 is 5.33. The highest BCUT2D eigenvalue weighted by atomic mass is 16.5. The van der Waals surface area contributed by atoms with Crippen LogP contribution in [0.4, 0.5) is 4.79 Å². The van der Waals surface area contributed by atoms with E-state index in [1.54, 1.807) is 4.90 Å². The minimum atomic E-state index is -0.105.